The number of amides is 1. The van der Waals surface area contributed by atoms with Gasteiger partial charge >= 0.3 is 0 Å². The molecule has 0 spiro atoms. The molecular formula is C14H19IN2O2. The number of halogens is 1. The molecule has 0 bridgehead atoms. The van der Waals surface area contributed by atoms with E-state index in [-0.39, 0.29) is 17.7 Å². The van der Waals surface area contributed by atoms with Crippen LogP contribution in [0.4, 0.5) is 0 Å². The summed E-state index contributed by atoms with van der Waals surface area (Å²) in [6.07, 6.45) is 4.21. The molecule has 0 heterocycles. The molecule has 1 saturated carbocycles. The van der Waals surface area contributed by atoms with Gasteiger partial charge in [0, 0.05) is 17.6 Å². The van der Waals surface area contributed by atoms with Crippen LogP contribution >= 0.6 is 22.6 Å². The van der Waals surface area contributed by atoms with E-state index in [1.54, 1.807) is 12.1 Å². The van der Waals surface area contributed by atoms with Crippen LogP contribution in [-0.2, 0) is 0 Å². The first-order valence-corrected chi connectivity index (χ1v) is 7.64. The lowest BCUT2D eigenvalue weighted by Crippen LogP contribution is -2.41. The Morgan fingerprint density at radius 2 is 1.89 bits per heavy atom. The molecule has 104 valence electrons. The first kappa shape index (κ1) is 14.6. The molecule has 0 aromatic heterocycles. The number of carbonyl (C=O) groups is 1. The number of phenols is 1. The third-order valence-corrected chi connectivity index (χ3v) is 4.59. The van der Waals surface area contributed by atoms with Crippen LogP contribution in [0, 0.1) is 3.57 Å². The van der Waals surface area contributed by atoms with Crippen molar-refractivity contribution in [2.24, 2.45) is 0 Å². The number of phenolic OH excluding ortho intramolecular Hbond substituents is 1. The van der Waals surface area contributed by atoms with Crippen molar-refractivity contribution in [2.45, 2.75) is 37.8 Å². The minimum Gasteiger partial charge on any atom is -0.507 e. The van der Waals surface area contributed by atoms with E-state index >= 15 is 0 Å². The summed E-state index contributed by atoms with van der Waals surface area (Å²) >= 11 is 2.04. The summed E-state index contributed by atoms with van der Waals surface area (Å²) in [6.45, 7) is 0. The van der Waals surface area contributed by atoms with E-state index in [0.29, 0.717) is 11.6 Å². The highest BCUT2D eigenvalue weighted by atomic mass is 127. The second kappa shape index (κ2) is 6.56. The Morgan fingerprint density at radius 3 is 2.47 bits per heavy atom. The zero-order chi connectivity index (χ0) is 13.8. The third-order valence-electron chi connectivity index (χ3n) is 3.68. The van der Waals surface area contributed by atoms with Crippen molar-refractivity contribution in [3.05, 3.63) is 27.3 Å². The van der Waals surface area contributed by atoms with Crippen LogP contribution in [-0.4, -0.2) is 30.1 Å². The molecule has 1 amide bonds. The van der Waals surface area contributed by atoms with Gasteiger partial charge in [0.25, 0.3) is 5.91 Å². The highest BCUT2D eigenvalue weighted by Crippen LogP contribution is 2.22. The van der Waals surface area contributed by atoms with Gasteiger partial charge < -0.3 is 15.7 Å². The molecule has 0 atom stereocenters. The molecule has 0 aliphatic heterocycles. The number of rotatable bonds is 3. The van der Waals surface area contributed by atoms with Gasteiger partial charge in [0.15, 0.2) is 0 Å². The predicted octanol–water partition coefficient (Wildman–Crippen LogP) is 2.26. The summed E-state index contributed by atoms with van der Waals surface area (Å²) in [5, 5.41) is 15.9. The van der Waals surface area contributed by atoms with Crippen LogP contribution in [0.5, 0.6) is 5.75 Å². The lowest BCUT2D eigenvalue weighted by Gasteiger charge is -2.28. The van der Waals surface area contributed by atoms with Crippen LogP contribution in [0.3, 0.4) is 0 Å². The molecule has 1 aliphatic rings. The standard InChI is InChI=1S/C14H19IN2O2/c1-16-10-3-5-11(6-4-10)17-14(19)9-2-7-12(15)13(18)8-9/h2,7-8,10-11,16,18H,3-6H2,1H3,(H,17,19). The van der Waals surface area contributed by atoms with Crippen LogP contribution in [0.2, 0.25) is 0 Å². The lowest BCUT2D eigenvalue weighted by molar-refractivity contribution is 0.0924. The molecule has 5 heteroatoms. The first-order chi connectivity index (χ1) is 9.10. The topological polar surface area (TPSA) is 61.4 Å². The van der Waals surface area contributed by atoms with E-state index in [1.807, 2.05) is 29.6 Å². The summed E-state index contributed by atoms with van der Waals surface area (Å²) in [6, 6.07) is 5.85. The summed E-state index contributed by atoms with van der Waals surface area (Å²) in [4.78, 5) is 12.1. The van der Waals surface area contributed by atoms with Gasteiger partial charge in [-0.1, -0.05) is 0 Å². The first-order valence-electron chi connectivity index (χ1n) is 6.57. The number of hydrogen-bond acceptors (Lipinski definition) is 3. The fourth-order valence-corrected chi connectivity index (χ4v) is 2.78. The number of hydrogen-bond donors (Lipinski definition) is 3. The molecular weight excluding hydrogens is 355 g/mol. The number of carbonyl (C=O) groups excluding carboxylic acids is 1. The lowest BCUT2D eigenvalue weighted by atomic mass is 9.91. The highest BCUT2D eigenvalue weighted by Gasteiger charge is 2.21. The summed E-state index contributed by atoms with van der Waals surface area (Å²) in [5.74, 6) is 0.0618. The van der Waals surface area contributed by atoms with Crippen LogP contribution < -0.4 is 10.6 Å². The second-order valence-electron chi connectivity index (χ2n) is 4.98. The van der Waals surface area contributed by atoms with Crippen molar-refractivity contribution < 1.29 is 9.90 Å². The van der Waals surface area contributed by atoms with Gasteiger partial charge in [0.2, 0.25) is 0 Å². The number of aromatic hydroxyl groups is 1. The highest BCUT2D eigenvalue weighted by molar-refractivity contribution is 14.1. The Hall–Kier alpha value is -0.820. The molecule has 3 N–H and O–H groups in total. The summed E-state index contributed by atoms with van der Waals surface area (Å²) in [5.41, 5.74) is 0.522. The minimum atomic E-state index is -0.0976. The van der Waals surface area contributed by atoms with Gasteiger partial charge in [-0.05, 0) is 73.5 Å². The quantitative estimate of drug-likeness (QED) is 0.712. The molecule has 1 aromatic carbocycles. The zero-order valence-corrected chi connectivity index (χ0v) is 13.1. The fraction of sp³-hybridized carbons (Fsp3) is 0.500. The van der Waals surface area contributed by atoms with Crippen molar-refractivity contribution in [1.82, 2.24) is 10.6 Å². The maximum absolute atomic E-state index is 12.1. The van der Waals surface area contributed by atoms with Crippen molar-refractivity contribution in [1.29, 1.82) is 0 Å². The number of benzene rings is 1. The SMILES string of the molecule is CNC1CCC(NC(=O)c2ccc(I)c(O)c2)CC1. The van der Waals surface area contributed by atoms with Gasteiger partial charge in [-0.2, -0.15) is 0 Å². The van der Waals surface area contributed by atoms with E-state index in [1.165, 1.54) is 6.07 Å². The molecule has 19 heavy (non-hydrogen) atoms. The maximum Gasteiger partial charge on any atom is 0.251 e. The molecule has 2 rings (SSSR count). The molecule has 1 aromatic rings. The van der Waals surface area contributed by atoms with Crippen LogP contribution in [0.15, 0.2) is 18.2 Å². The molecule has 1 aliphatic carbocycles. The monoisotopic (exact) mass is 374 g/mol. The summed E-state index contributed by atoms with van der Waals surface area (Å²) in [7, 11) is 1.98. The molecule has 0 saturated heterocycles. The van der Waals surface area contributed by atoms with Crippen LogP contribution in [0.1, 0.15) is 36.0 Å². The second-order valence-corrected chi connectivity index (χ2v) is 6.14. The smallest absolute Gasteiger partial charge is 0.251 e. The summed E-state index contributed by atoms with van der Waals surface area (Å²) < 4.78 is 0.753. The average molecular weight is 374 g/mol. The Morgan fingerprint density at radius 1 is 1.26 bits per heavy atom. The largest absolute Gasteiger partial charge is 0.507 e. The molecule has 0 unspecified atom stereocenters. The molecule has 0 radical (unpaired) electrons. The fourth-order valence-electron chi connectivity index (χ4n) is 2.45. The van der Waals surface area contributed by atoms with Crippen molar-refractivity contribution in [3.8, 4) is 5.75 Å². The van der Waals surface area contributed by atoms with Gasteiger partial charge in [0.05, 0.1) is 3.57 Å². The van der Waals surface area contributed by atoms with E-state index in [2.05, 4.69) is 10.6 Å². The average Bonchev–Trinajstić information content (AvgIpc) is 2.42. The van der Waals surface area contributed by atoms with E-state index < -0.39 is 0 Å². The van der Waals surface area contributed by atoms with E-state index in [4.69, 9.17) is 0 Å². The van der Waals surface area contributed by atoms with Crippen molar-refractivity contribution >= 4 is 28.5 Å². The normalized spacial score (nSPS) is 23.1. The van der Waals surface area contributed by atoms with Gasteiger partial charge in [-0.25, -0.2) is 0 Å². The molecule has 1 fully saturated rings. The number of nitrogens with one attached hydrogen (secondary N) is 2. The van der Waals surface area contributed by atoms with E-state index in [0.717, 1.165) is 29.3 Å². The van der Waals surface area contributed by atoms with E-state index in [9.17, 15) is 9.90 Å². The Kier molecular flexibility index (Phi) is 5.04. The van der Waals surface area contributed by atoms with Crippen molar-refractivity contribution in [2.75, 3.05) is 7.05 Å². The maximum atomic E-state index is 12.1. The van der Waals surface area contributed by atoms with Gasteiger partial charge in [-0.15, -0.1) is 0 Å². The van der Waals surface area contributed by atoms with Crippen LogP contribution in [0.25, 0.3) is 0 Å². The zero-order valence-electron chi connectivity index (χ0n) is 10.9. The minimum absolute atomic E-state index is 0.0976. The Balaban J connectivity index is 1.92. The van der Waals surface area contributed by atoms with Gasteiger partial charge in [0.1, 0.15) is 5.75 Å². The predicted molar refractivity (Wildman–Crippen MR) is 83.4 cm³/mol. The van der Waals surface area contributed by atoms with Crippen molar-refractivity contribution in [3.63, 3.8) is 0 Å². The third kappa shape index (κ3) is 3.82. The Labute approximate surface area is 127 Å². The molecule has 4 nitrogen and oxygen atoms in total. The van der Waals surface area contributed by atoms with Gasteiger partial charge in [-0.3, -0.25) is 4.79 Å². The Bertz CT molecular complexity index is 457.